The molecular formula is C14H19N3O. The number of aliphatic hydroxyl groups is 1. The van der Waals surface area contributed by atoms with E-state index in [-0.39, 0.29) is 12.0 Å². The second-order valence-corrected chi connectivity index (χ2v) is 4.72. The van der Waals surface area contributed by atoms with Crippen LogP contribution >= 0.6 is 0 Å². The molecule has 4 heteroatoms. The number of rotatable bonds is 5. The van der Waals surface area contributed by atoms with E-state index in [2.05, 4.69) is 29.4 Å². The normalized spacial score (nSPS) is 14.4. The lowest BCUT2D eigenvalue weighted by Crippen LogP contribution is -2.32. The van der Waals surface area contributed by atoms with Gasteiger partial charge >= 0.3 is 0 Å². The Bertz CT molecular complexity index is 489. The summed E-state index contributed by atoms with van der Waals surface area (Å²) in [5, 5.41) is 17.9. The van der Waals surface area contributed by atoms with E-state index in [9.17, 15) is 5.11 Å². The zero-order chi connectivity index (χ0) is 13.0. The van der Waals surface area contributed by atoms with E-state index in [1.807, 2.05) is 31.4 Å². The highest BCUT2D eigenvalue weighted by Gasteiger charge is 2.30. The number of hydrogen-bond acceptors (Lipinski definition) is 3. The van der Waals surface area contributed by atoms with Gasteiger partial charge in [0, 0.05) is 25.1 Å². The molecule has 1 aromatic carbocycles. The van der Waals surface area contributed by atoms with Gasteiger partial charge in [0.25, 0.3) is 0 Å². The van der Waals surface area contributed by atoms with E-state index in [1.165, 1.54) is 0 Å². The van der Waals surface area contributed by atoms with Crippen molar-refractivity contribution in [2.45, 2.75) is 25.2 Å². The van der Waals surface area contributed by atoms with E-state index in [0.717, 1.165) is 17.7 Å². The van der Waals surface area contributed by atoms with Gasteiger partial charge in [-0.2, -0.15) is 0 Å². The van der Waals surface area contributed by atoms with Gasteiger partial charge in [0.15, 0.2) is 0 Å². The third-order valence-electron chi connectivity index (χ3n) is 3.54. The summed E-state index contributed by atoms with van der Waals surface area (Å²) in [6.07, 6.45) is 3.48. The van der Waals surface area contributed by atoms with Gasteiger partial charge in [0.05, 0.1) is 12.3 Å². The SMILES string of the molecule is CCC(CO)(Cc1cn(C)nn1)c1ccccc1. The first-order valence-corrected chi connectivity index (χ1v) is 6.22. The Morgan fingerprint density at radius 1 is 1.28 bits per heavy atom. The molecule has 1 unspecified atom stereocenters. The van der Waals surface area contributed by atoms with Crippen LogP contribution < -0.4 is 0 Å². The molecule has 4 nitrogen and oxygen atoms in total. The van der Waals surface area contributed by atoms with Crippen molar-refractivity contribution in [2.24, 2.45) is 7.05 Å². The first-order valence-electron chi connectivity index (χ1n) is 6.22. The second kappa shape index (κ2) is 5.31. The van der Waals surface area contributed by atoms with Crippen molar-refractivity contribution >= 4 is 0 Å². The van der Waals surface area contributed by atoms with Gasteiger partial charge in [0.1, 0.15) is 0 Å². The smallest absolute Gasteiger partial charge is 0.0836 e. The van der Waals surface area contributed by atoms with E-state index in [0.29, 0.717) is 6.42 Å². The number of benzene rings is 1. The van der Waals surface area contributed by atoms with Crippen molar-refractivity contribution in [3.63, 3.8) is 0 Å². The summed E-state index contributed by atoms with van der Waals surface area (Å²) in [5.41, 5.74) is 1.80. The average Bonchev–Trinajstić information content (AvgIpc) is 2.82. The van der Waals surface area contributed by atoms with Gasteiger partial charge < -0.3 is 5.11 Å². The molecule has 0 spiro atoms. The van der Waals surface area contributed by atoms with Crippen LogP contribution in [0.4, 0.5) is 0 Å². The minimum absolute atomic E-state index is 0.115. The minimum Gasteiger partial charge on any atom is -0.395 e. The molecule has 2 aromatic rings. The van der Waals surface area contributed by atoms with Crippen molar-refractivity contribution in [3.05, 3.63) is 47.8 Å². The van der Waals surface area contributed by atoms with Crippen LogP contribution in [0.3, 0.4) is 0 Å². The van der Waals surface area contributed by atoms with E-state index >= 15 is 0 Å². The lowest BCUT2D eigenvalue weighted by atomic mass is 9.75. The largest absolute Gasteiger partial charge is 0.395 e. The van der Waals surface area contributed by atoms with Gasteiger partial charge in [-0.3, -0.25) is 4.68 Å². The topological polar surface area (TPSA) is 50.9 Å². The highest BCUT2D eigenvalue weighted by Crippen LogP contribution is 2.30. The second-order valence-electron chi connectivity index (χ2n) is 4.72. The number of aliphatic hydroxyl groups excluding tert-OH is 1. The standard InChI is InChI=1S/C14H19N3O/c1-3-14(11-18,12-7-5-4-6-8-12)9-13-10-17(2)16-15-13/h4-8,10,18H,3,9,11H2,1-2H3. The Labute approximate surface area is 107 Å². The molecule has 0 aliphatic carbocycles. The van der Waals surface area contributed by atoms with Crippen LogP contribution in [0.5, 0.6) is 0 Å². The summed E-state index contributed by atoms with van der Waals surface area (Å²) in [6, 6.07) is 10.1. The predicted octanol–water partition coefficient (Wildman–Crippen LogP) is 1.70. The molecule has 0 bridgehead atoms. The molecule has 18 heavy (non-hydrogen) atoms. The van der Waals surface area contributed by atoms with E-state index in [4.69, 9.17) is 0 Å². The third-order valence-corrected chi connectivity index (χ3v) is 3.54. The monoisotopic (exact) mass is 245 g/mol. The van der Waals surface area contributed by atoms with Crippen LogP contribution in [0.15, 0.2) is 36.5 Å². The maximum atomic E-state index is 9.84. The molecule has 1 heterocycles. The highest BCUT2D eigenvalue weighted by atomic mass is 16.3. The summed E-state index contributed by atoms with van der Waals surface area (Å²) in [7, 11) is 1.85. The van der Waals surface area contributed by atoms with E-state index < -0.39 is 0 Å². The summed E-state index contributed by atoms with van der Waals surface area (Å²) in [5.74, 6) is 0. The number of aryl methyl sites for hydroxylation is 1. The molecule has 1 N–H and O–H groups in total. The molecule has 1 atom stereocenters. The van der Waals surface area contributed by atoms with Gasteiger partial charge in [-0.25, -0.2) is 0 Å². The van der Waals surface area contributed by atoms with Crippen LogP contribution in [-0.2, 0) is 18.9 Å². The number of aromatic nitrogens is 3. The Balaban J connectivity index is 2.32. The summed E-state index contributed by atoms with van der Waals surface area (Å²) in [4.78, 5) is 0. The molecule has 0 amide bonds. The fourth-order valence-corrected chi connectivity index (χ4v) is 2.30. The van der Waals surface area contributed by atoms with Crippen LogP contribution in [-0.4, -0.2) is 26.7 Å². The lowest BCUT2D eigenvalue weighted by Gasteiger charge is -2.30. The van der Waals surface area contributed by atoms with Crippen LogP contribution in [0.1, 0.15) is 24.6 Å². The zero-order valence-electron chi connectivity index (χ0n) is 10.9. The van der Waals surface area contributed by atoms with E-state index in [1.54, 1.807) is 4.68 Å². The Morgan fingerprint density at radius 2 is 2.00 bits per heavy atom. The van der Waals surface area contributed by atoms with Gasteiger partial charge in [-0.15, -0.1) is 5.10 Å². The maximum Gasteiger partial charge on any atom is 0.0836 e. The third kappa shape index (κ3) is 2.43. The molecule has 0 radical (unpaired) electrons. The summed E-state index contributed by atoms with van der Waals surface area (Å²) >= 11 is 0. The van der Waals surface area contributed by atoms with Gasteiger partial charge in [-0.1, -0.05) is 42.5 Å². The van der Waals surface area contributed by atoms with Gasteiger partial charge in [0.2, 0.25) is 0 Å². The molecule has 0 saturated carbocycles. The molecular weight excluding hydrogens is 226 g/mol. The molecule has 1 aromatic heterocycles. The zero-order valence-corrected chi connectivity index (χ0v) is 10.9. The molecule has 2 rings (SSSR count). The van der Waals surface area contributed by atoms with Crippen molar-refractivity contribution in [2.75, 3.05) is 6.61 Å². The molecule has 0 fully saturated rings. The molecule has 0 aliphatic rings. The quantitative estimate of drug-likeness (QED) is 0.872. The summed E-state index contributed by atoms with van der Waals surface area (Å²) in [6.45, 7) is 2.21. The highest BCUT2D eigenvalue weighted by molar-refractivity contribution is 5.27. The Hall–Kier alpha value is -1.68. The minimum atomic E-state index is -0.267. The van der Waals surface area contributed by atoms with Crippen molar-refractivity contribution in [1.82, 2.24) is 15.0 Å². The number of nitrogens with zero attached hydrogens (tertiary/aromatic N) is 3. The fourth-order valence-electron chi connectivity index (χ4n) is 2.30. The van der Waals surface area contributed by atoms with Crippen LogP contribution in [0, 0.1) is 0 Å². The fraction of sp³-hybridized carbons (Fsp3) is 0.429. The Kier molecular flexibility index (Phi) is 3.77. The molecule has 0 saturated heterocycles. The average molecular weight is 245 g/mol. The first kappa shape index (κ1) is 12.8. The summed E-state index contributed by atoms with van der Waals surface area (Å²) < 4.78 is 1.69. The number of hydrogen-bond donors (Lipinski definition) is 1. The molecule has 0 aliphatic heterocycles. The van der Waals surface area contributed by atoms with Crippen molar-refractivity contribution in [3.8, 4) is 0 Å². The molecule has 96 valence electrons. The van der Waals surface area contributed by atoms with Crippen molar-refractivity contribution in [1.29, 1.82) is 0 Å². The van der Waals surface area contributed by atoms with Crippen LogP contribution in [0.25, 0.3) is 0 Å². The van der Waals surface area contributed by atoms with Gasteiger partial charge in [-0.05, 0) is 12.0 Å². The first-order chi connectivity index (χ1) is 8.70. The maximum absolute atomic E-state index is 9.84. The Morgan fingerprint density at radius 3 is 2.50 bits per heavy atom. The van der Waals surface area contributed by atoms with Crippen LogP contribution in [0.2, 0.25) is 0 Å². The lowest BCUT2D eigenvalue weighted by molar-refractivity contribution is 0.185. The predicted molar refractivity (Wildman–Crippen MR) is 70.2 cm³/mol. The van der Waals surface area contributed by atoms with Crippen molar-refractivity contribution < 1.29 is 5.11 Å².